The van der Waals surface area contributed by atoms with E-state index in [1.807, 2.05) is 6.92 Å². The third kappa shape index (κ3) is 11.0. The molecular weight excluding hydrogens is 434 g/mol. The highest BCUT2D eigenvalue weighted by Crippen LogP contribution is 2.10. The van der Waals surface area contributed by atoms with Crippen LogP contribution in [0.4, 0.5) is 0 Å². The molecule has 33 heavy (non-hydrogen) atoms. The highest BCUT2D eigenvalue weighted by Gasteiger charge is 2.32. The number of nitrogens with one attached hydrogen (secondary N) is 3. The van der Waals surface area contributed by atoms with Gasteiger partial charge in [-0.2, -0.15) is 0 Å². The number of aliphatic imine (C=N–C) groups is 1. The quantitative estimate of drug-likeness (QED) is 0.0717. The monoisotopic (exact) mass is 473 g/mol. The maximum absolute atomic E-state index is 13.0. The number of aliphatic hydroxyl groups is 1. The van der Waals surface area contributed by atoms with Crippen molar-refractivity contribution in [3.8, 4) is 0 Å². The van der Waals surface area contributed by atoms with Gasteiger partial charge in [-0.05, 0) is 24.7 Å². The number of carboxylic acid groups (broad SMARTS) is 1. The van der Waals surface area contributed by atoms with Gasteiger partial charge in [0.1, 0.15) is 24.2 Å². The Morgan fingerprint density at radius 1 is 0.939 bits per heavy atom. The number of aliphatic hydroxyl groups excluding tert-OH is 1. The van der Waals surface area contributed by atoms with Gasteiger partial charge in [0.15, 0.2) is 5.96 Å². The zero-order valence-electron chi connectivity index (χ0n) is 19.7. The summed E-state index contributed by atoms with van der Waals surface area (Å²) in [5.74, 6) is -4.06. The van der Waals surface area contributed by atoms with E-state index in [0.717, 1.165) is 0 Å². The minimum atomic E-state index is -1.20. The summed E-state index contributed by atoms with van der Waals surface area (Å²) in [5, 5.41) is 26.0. The van der Waals surface area contributed by atoms with Crippen molar-refractivity contribution in [2.75, 3.05) is 13.2 Å². The Morgan fingerprint density at radius 2 is 1.52 bits per heavy atom. The second-order valence-electron chi connectivity index (χ2n) is 8.24. The first-order chi connectivity index (χ1) is 15.3. The molecule has 0 rings (SSSR count). The predicted octanol–water partition coefficient (Wildman–Crippen LogP) is -2.40. The van der Waals surface area contributed by atoms with Gasteiger partial charge in [-0.1, -0.05) is 34.1 Å². The van der Waals surface area contributed by atoms with E-state index < -0.39 is 60.4 Å². The molecule has 0 saturated carbocycles. The van der Waals surface area contributed by atoms with Crippen LogP contribution in [0.3, 0.4) is 0 Å². The van der Waals surface area contributed by atoms with Gasteiger partial charge in [0.2, 0.25) is 17.7 Å². The summed E-state index contributed by atoms with van der Waals surface area (Å²) in [6.45, 7) is 6.45. The molecule has 0 aliphatic heterocycles. The van der Waals surface area contributed by atoms with Crippen LogP contribution in [0.2, 0.25) is 0 Å². The molecule has 0 aromatic heterocycles. The van der Waals surface area contributed by atoms with Crippen LogP contribution in [-0.4, -0.2) is 77.2 Å². The lowest BCUT2D eigenvalue weighted by Gasteiger charge is -2.28. The molecule has 0 saturated heterocycles. The average molecular weight is 474 g/mol. The van der Waals surface area contributed by atoms with Crippen LogP contribution >= 0.6 is 0 Å². The van der Waals surface area contributed by atoms with E-state index in [9.17, 15) is 24.3 Å². The topological polar surface area (TPSA) is 235 Å². The Kier molecular flexibility index (Phi) is 13.7. The molecule has 13 nitrogen and oxygen atoms in total. The van der Waals surface area contributed by atoms with Crippen molar-refractivity contribution in [1.29, 1.82) is 0 Å². The molecule has 0 aromatic carbocycles. The lowest BCUT2D eigenvalue weighted by molar-refractivity contribution is -0.143. The summed E-state index contributed by atoms with van der Waals surface area (Å²) in [5.41, 5.74) is 16.1. The maximum Gasteiger partial charge on any atom is 0.326 e. The molecule has 0 aliphatic carbocycles. The maximum atomic E-state index is 13.0. The summed E-state index contributed by atoms with van der Waals surface area (Å²) in [6.07, 6.45) is 0.976. The highest BCUT2D eigenvalue weighted by molar-refractivity contribution is 5.94. The number of amides is 3. The van der Waals surface area contributed by atoms with Crippen molar-refractivity contribution >= 4 is 29.7 Å². The lowest BCUT2D eigenvalue weighted by atomic mass is 9.97. The van der Waals surface area contributed by atoms with Gasteiger partial charge in [0, 0.05) is 6.54 Å². The third-order valence-electron chi connectivity index (χ3n) is 5.14. The molecule has 3 amide bonds. The molecule has 0 fully saturated rings. The van der Waals surface area contributed by atoms with Crippen molar-refractivity contribution in [3.63, 3.8) is 0 Å². The van der Waals surface area contributed by atoms with Crippen LogP contribution in [-0.2, 0) is 19.2 Å². The summed E-state index contributed by atoms with van der Waals surface area (Å²) in [4.78, 5) is 53.3. The second kappa shape index (κ2) is 15.0. The molecular formula is C20H39N7O6. The van der Waals surface area contributed by atoms with E-state index in [1.165, 1.54) is 0 Å². The van der Waals surface area contributed by atoms with E-state index in [1.54, 1.807) is 20.8 Å². The number of guanidine groups is 1. The number of aliphatic carboxylic acids is 1. The van der Waals surface area contributed by atoms with E-state index in [-0.39, 0.29) is 24.8 Å². The van der Waals surface area contributed by atoms with Crippen LogP contribution in [0.1, 0.15) is 47.0 Å². The first-order valence-electron chi connectivity index (χ1n) is 10.9. The molecule has 5 atom stereocenters. The van der Waals surface area contributed by atoms with E-state index in [0.29, 0.717) is 12.8 Å². The first-order valence-corrected chi connectivity index (χ1v) is 10.9. The number of hydrogen-bond donors (Lipinski definition) is 8. The van der Waals surface area contributed by atoms with Crippen LogP contribution in [0.15, 0.2) is 4.99 Å². The Hall–Kier alpha value is -2.93. The fraction of sp³-hybridized carbons (Fsp3) is 0.750. The van der Waals surface area contributed by atoms with Crippen molar-refractivity contribution in [3.05, 3.63) is 0 Å². The fourth-order valence-corrected chi connectivity index (χ4v) is 2.85. The summed E-state index contributed by atoms with van der Waals surface area (Å²) >= 11 is 0. The molecule has 13 heteroatoms. The molecule has 5 unspecified atom stereocenters. The van der Waals surface area contributed by atoms with Gasteiger partial charge in [-0.3, -0.25) is 19.4 Å². The smallest absolute Gasteiger partial charge is 0.326 e. The van der Waals surface area contributed by atoms with Crippen LogP contribution in [0.25, 0.3) is 0 Å². The van der Waals surface area contributed by atoms with Crippen LogP contribution in [0, 0.1) is 11.8 Å². The second-order valence-corrected chi connectivity index (χ2v) is 8.24. The Morgan fingerprint density at radius 3 is 1.97 bits per heavy atom. The summed E-state index contributed by atoms with van der Waals surface area (Å²) in [7, 11) is 0. The fourth-order valence-electron chi connectivity index (χ4n) is 2.85. The number of hydrogen-bond acceptors (Lipinski definition) is 7. The highest BCUT2D eigenvalue weighted by atomic mass is 16.4. The van der Waals surface area contributed by atoms with Crippen molar-refractivity contribution in [2.24, 2.45) is 34.0 Å². The third-order valence-corrected chi connectivity index (χ3v) is 5.14. The molecule has 0 heterocycles. The first kappa shape index (κ1) is 30.1. The Balaban J connectivity index is 5.62. The minimum Gasteiger partial charge on any atom is -0.480 e. The number of rotatable bonds is 15. The zero-order valence-corrected chi connectivity index (χ0v) is 19.7. The van der Waals surface area contributed by atoms with Gasteiger partial charge >= 0.3 is 5.97 Å². The molecule has 0 aromatic rings. The van der Waals surface area contributed by atoms with E-state index in [2.05, 4.69) is 20.9 Å². The predicted molar refractivity (Wildman–Crippen MR) is 123 cm³/mol. The Labute approximate surface area is 193 Å². The van der Waals surface area contributed by atoms with Crippen molar-refractivity contribution < 1.29 is 29.4 Å². The van der Waals surface area contributed by atoms with Crippen LogP contribution < -0.4 is 33.2 Å². The molecule has 190 valence electrons. The summed E-state index contributed by atoms with van der Waals surface area (Å²) in [6, 6.07) is -4.47. The lowest BCUT2D eigenvalue weighted by Crippen LogP contribution is -2.59. The Bertz CT molecular complexity index is 696. The van der Waals surface area contributed by atoms with Crippen LogP contribution in [0.5, 0.6) is 0 Å². The molecule has 0 bridgehead atoms. The summed E-state index contributed by atoms with van der Waals surface area (Å²) < 4.78 is 0. The largest absolute Gasteiger partial charge is 0.480 e. The van der Waals surface area contributed by atoms with E-state index in [4.69, 9.17) is 22.3 Å². The average Bonchev–Trinajstić information content (AvgIpc) is 2.75. The zero-order chi connectivity index (χ0) is 25.7. The SMILES string of the molecule is CCC(C)C(NC(=O)C(N)CO)C(=O)NC(CCCN=C(N)N)C(=O)NC(C(=O)O)C(C)C. The molecule has 11 N–H and O–H groups in total. The number of nitrogens with zero attached hydrogens (tertiary/aromatic N) is 1. The van der Waals surface area contributed by atoms with E-state index >= 15 is 0 Å². The molecule has 0 spiro atoms. The number of nitrogens with two attached hydrogens (primary N) is 3. The minimum absolute atomic E-state index is 0.120. The van der Waals surface area contributed by atoms with Gasteiger partial charge in [0.25, 0.3) is 0 Å². The van der Waals surface area contributed by atoms with Gasteiger partial charge < -0.3 is 43.4 Å². The number of carbonyl (C=O) groups excluding carboxylic acids is 3. The van der Waals surface area contributed by atoms with Gasteiger partial charge in [-0.15, -0.1) is 0 Å². The van der Waals surface area contributed by atoms with Gasteiger partial charge in [-0.25, -0.2) is 4.79 Å². The molecule has 0 radical (unpaired) electrons. The number of carboxylic acids is 1. The normalized spacial score (nSPS) is 15.5. The van der Waals surface area contributed by atoms with Crippen molar-refractivity contribution in [1.82, 2.24) is 16.0 Å². The molecule has 0 aliphatic rings. The standard InChI is InChI=1S/C20H39N7O6/c1-5-11(4)15(27-16(29)12(21)9-28)18(31)25-13(7-6-8-24-20(22)23)17(30)26-14(10(2)3)19(32)33/h10-15,28H,5-9,21H2,1-4H3,(H,25,31)(H,26,30)(H,27,29)(H,32,33)(H4,22,23,24). The number of carbonyl (C=O) groups is 4. The van der Waals surface area contributed by atoms with Crippen molar-refractivity contribution in [2.45, 2.75) is 71.1 Å². The van der Waals surface area contributed by atoms with Gasteiger partial charge in [0.05, 0.1) is 6.61 Å².